The van der Waals surface area contributed by atoms with Crippen LogP contribution in [0.25, 0.3) is 0 Å². The molecule has 1 rings (SSSR count). The van der Waals surface area contributed by atoms with Gasteiger partial charge in [0.2, 0.25) is 0 Å². The molecular weight excluding hydrogens is 158 g/mol. The van der Waals surface area contributed by atoms with Crippen molar-refractivity contribution < 1.29 is 0 Å². The van der Waals surface area contributed by atoms with Crippen LogP contribution in [0.3, 0.4) is 0 Å². The molecule has 0 heterocycles. The zero-order valence-corrected chi connectivity index (χ0v) is 7.83. The SMILES string of the molecule is C=C/C=C1/C=C(C)C=C/C1=N/C=C. The highest BCUT2D eigenvalue weighted by Crippen LogP contribution is 2.13. The molecule has 1 aliphatic rings. The van der Waals surface area contributed by atoms with Crippen molar-refractivity contribution in [3.63, 3.8) is 0 Å². The standard InChI is InChI=1S/C12H13N/c1-4-6-11-9-10(3)7-8-12(11)13-5-2/h4-9H,1-2H2,3H3/b11-6-,13-12-. The summed E-state index contributed by atoms with van der Waals surface area (Å²) < 4.78 is 0. The van der Waals surface area contributed by atoms with Gasteiger partial charge in [-0.1, -0.05) is 37.0 Å². The van der Waals surface area contributed by atoms with Crippen LogP contribution in [-0.4, -0.2) is 5.71 Å². The van der Waals surface area contributed by atoms with Crippen LogP contribution in [0, 0.1) is 0 Å². The van der Waals surface area contributed by atoms with Crippen molar-refractivity contribution in [2.24, 2.45) is 4.99 Å². The zero-order valence-electron chi connectivity index (χ0n) is 7.83. The van der Waals surface area contributed by atoms with E-state index in [-0.39, 0.29) is 0 Å². The van der Waals surface area contributed by atoms with Crippen molar-refractivity contribution in [1.29, 1.82) is 0 Å². The Hall–Kier alpha value is -1.63. The predicted molar refractivity (Wildman–Crippen MR) is 58.8 cm³/mol. The van der Waals surface area contributed by atoms with E-state index in [1.807, 2.05) is 18.2 Å². The van der Waals surface area contributed by atoms with Crippen molar-refractivity contribution in [3.05, 3.63) is 60.9 Å². The highest BCUT2D eigenvalue weighted by molar-refractivity contribution is 6.12. The highest BCUT2D eigenvalue weighted by atomic mass is 14.7. The van der Waals surface area contributed by atoms with E-state index < -0.39 is 0 Å². The molecule has 0 radical (unpaired) electrons. The van der Waals surface area contributed by atoms with E-state index in [0.717, 1.165) is 11.3 Å². The van der Waals surface area contributed by atoms with Gasteiger partial charge in [0.1, 0.15) is 0 Å². The minimum atomic E-state index is 0.931. The lowest BCUT2D eigenvalue weighted by molar-refractivity contribution is 1.46. The van der Waals surface area contributed by atoms with Crippen LogP contribution in [0.5, 0.6) is 0 Å². The molecule has 0 saturated carbocycles. The number of allylic oxidation sites excluding steroid dienone is 7. The van der Waals surface area contributed by atoms with E-state index in [4.69, 9.17) is 0 Å². The van der Waals surface area contributed by atoms with Gasteiger partial charge in [0, 0.05) is 11.8 Å². The fourth-order valence-electron chi connectivity index (χ4n) is 1.15. The second kappa shape index (κ2) is 4.41. The summed E-state index contributed by atoms with van der Waals surface area (Å²) in [5, 5.41) is 0. The first kappa shape index (κ1) is 9.46. The van der Waals surface area contributed by atoms with E-state index in [0.29, 0.717) is 0 Å². The Kier molecular flexibility index (Phi) is 3.21. The van der Waals surface area contributed by atoms with Crippen LogP contribution in [0.1, 0.15) is 6.92 Å². The Labute approximate surface area is 79.2 Å². The van der Waals surface area contributed by atoms with Gasteiger partial charge in [-0.05, 0) is 19.1 Å². The monoisotopic (exact) mass is 171 g/mol. The lowest BCUT2D eigenvalue weighted by Crippen LogP contribution is -2.00. The molecule has 0 aromatic rings. The van der Waals surface area contributed by atoms with Crippen LogP contribution in [0.4, 0.5) is 0 Å². The molecular formula is C12H13N. The van der Waals surface area contributed by atoms with Gasteiger partial charge in [0.05, 0.1) is 5.71 Å². The summed E-state index contributed by atoms with van der Waals surface area (Å²) in [6, 6.07) is 0. The average Bonchev–Trinajstić information content (AvgIpc) is 2.10. The molecule has 0 fully saturated rings. The summed E-state index contributed by atoms with van der Waals surface area (Å²) in [5.41, 5.74) is 3.23. The van der Waals surface area contributed by atoms with E-state index >= 15 is 0 Å². The Balaban J connectivity index is 3.08. The molecule has 0 amide bonds. The van der Waals surface area contributed by atoms with Crippen molar-refractivity contribution in [2.45, 2.75) is 6.92 Å². The second-order valence-electron chi connectivity index (χ2n) is 2.78. The van der Waals surface area contributed by atoms with E-state index in [2.05, 4.69) is 31.2 Å². The maximum Gasteiger partial charge on any atom is 0.0701 e. The molecule has 0 bridgehead atoms. The summed E-state index contributed by atoms with van der Waals surface area (Å²) in [6.07, 6.45) is 11.3. The maximum atomic E-state index is 4.15. The van der Waals surface area contributed by atoms with Crippen molar-refractivity contribution in [3.8, 4) is 0 Å². The van der Waals surface area contributed by atoms with Crippen molar-refractivity contribution >= 4 is 5.71 Å². The lowest BCUT2D eigenvalue weighted by Gasteiger charge is -2.07. The smallest absolute Gasteiger partial charge is 0.0701 e. The quantitative estimate of drug-likeness (QED) is 0.605. The van der Waals surface area contributed by atoms with Crippen LogP contribution in [-0.2, 0) is 0 Å². The van der Waals surface area contributed by atoms with Crippen LogP contribution in [0.15, 0.2) is 65.9 Å². The molecule has 1 heteroatoms. The molecule has 0 spiro atoms. The lowest BCUT2D eigenvalue weighted by atomic mass is 10.0. The van der Waals surface area contributed by atoms with Crippen molar-refractivity contribution in [1.82, 2.24) is 0 Å². The third-order valence-electron chi connectivity index (χ3n) is 1.71. The van der Waals surface area contributed by atoms with Crippen LogP contribution >= 0.6 is 0 Å². The van der Waals surface area contributed by atoms with Gasteiger partial charge in [0.15, 0.2) is 0 Å². The summed E-state index contributed by atoms with van der Waals surface area (Å²) in [6.45, 7) is 9.29. The van der Waals surface area contributed by atoms with Gasteiger partial charge in [-0.3, -0.25) is 4.99 Å². The molecule has 1 aliphatic carbocycles. The Morgan fingerprint density at radius 2 is 2.08 bits per heavy atom. The molecule has 0 N–H and O–H groups in total. The third kappa shape index (κ3) is 2.41. The summed E-state index contributed by atoms with van der Waals surface area (Å²) in [5.74, 6) is 0. The fraction of sp³-hybridized carbons (Fsp3) is 0.0833. The summed E-state index contributed by atoms with van der Waals surface area (Å²) >= 11 is 0. The largest absolute Gasteiger partial charge is 0.257 e. The molecule has 0 aromatic heterocycles. The van der Waals surface area contributed by atoms with E-state index in [1.165, 1.54) is 5.57 Å². The minimum absolute atomic E-state index is 0.931. The van der Waals surface area contributed by atoms with Gasteiger partial charge >= 0.3 is 0 Å². The van der Waals surface area contributed by atoms with E-state index in [9.17, 15) is 0 Å². The van der Waals surface area contributed by atoms with Crippen LogP contribution in [0.2, 0.25) is 0 Å². The molecule has 0 saturated heterocycles. The Morgan fingerprint density at radius 1 is 1.31 bits per heavy atom. The van der Waals surface area contributed by atoms with Crippen molar-refractivity contribution in [2.75, 3.05) is 0 Å². The fourth-order valence-corrected chi connectivity index (χ4v) is 1.15. The molecule has 0 atom stereocenters. The van der Waals surface area contributed by atoms with Gasteiger partial charge in [-0.15, -0.1) is 0 Å². The van der Waals surface area contributed by atoms with Gasteiger partial charge in [0.25, 0.3) is 0 Å². The molecule has 66 valence electrons. The normalized spacial score (nSPS) is 21.8. The topological polar surface area (TPSA) is 12.4 Å². The molecule has 1 nitrogen and oxygen atoms in total. The number of hydrogen-bond acceptors (Lipinski definition) is 1. The Bertz CT molecular complexity index is 338. The first-order valence-electron chi connectivity index (χ1n) is 4.16. The van der Waals surface area contributed by atoms with E-state index in [1.54, 1.807) is 12.3 Å². The van der Waals surface area contributed by atoms with Gasteiger partial charge in [-0.2, -0.15) is 0 Å². The third-order valence-corrected chi connectivity index (χ3v) is 1.71. The maximum absolute atomic E-state index is 4.15. The molecule has 0 unspecified atom stereocenters. The first-order chi connectivity index (χ1) is 6.27. The minimum Gasteiger partial charge on any atom is -0.257 e. The Morgan fingerprint density at radius 3 is 2.69 bits per heavy atom. The molecule has 13 heavy (non-hydrogen) atoms. The number of aliphatic imine (C=N–C) groups is 1. The molecule has 0 aliphatic heterocycles. The average molecular weight is 171 g/mol. The number of nitrogens with zero attached hydrogens (tertiary/aromatic N) is 1. The zero-order chi connectivity index (χ0) is 9.68. The molecule has 0 aromatic carbocycles. The summed E-state index contributed by atoms with van der Waals surface area (Å²) in [7, 11) is 0. The summed E-state index contributed by atoms with van der Waals surface area (Å²) in [4.78, 5) is 4.15. The van der Waals surface area contributed by atoms with Gasteiger partial charge < -0.3 is 0 Å². The highest BCUT2D eigenvalue weighted by Gasteiger charge is 2.03. The van der Waals surface area contributed by atoms with Crippen LogP contribution < -0.4 is 0 Å². The number of hydrogen-bond donors (Lipinski definition) is 0. The van der Waals surface area contributed by atoms with Gasteiger partial charge in [-0.25, -0.2) is 0 Å². The number of rotatable bonds is 2. The first-order valence-corrected chi connectivity index (χ1v) is 4.16. The second-order valence-corrected chi connectivity index (χ2v) is 2.78. The predicted octanol–water partition coefficient (Wildman–Crippen LogP) is 3.20.